The molecule has 0 bridgehead atoms. The Balaban J connectivity index is 2.11. The van der Waals surface area contributed by atoms with Gasteiger partial charge in [-0.15, -0.1) is 0 Å². The maximum Gasteiger partial charge on any atom is 0.310 e. The number of carboxylic acid groups (broad SMARTS) is 1. The quantitative estimate of drug-likeness (QED) is 0.812. The average Bonchev–Trinajstić information content (AvgIpc) is 2.77. The van der Waals surface area contributed by atoms with Crippen LogP contribution in [0.5, 0.6) is 0 Å². The first kappa shape index (κ1) is 13.7. The first-order valence-corrected chi connectivity index (χ1v) is 7.06. The van der Waals surface area contributed by atoms with Gasteiger partial charge in [0.1, 0.15) is 5.82 Å². The summed E-state index contributed by atoms with van der Waals surface area (Å²) in [6.45, 7) is 0. The molecule has 19 heavy (non-hydrogen) atoms. The molecule has 1 aliphatic rings. The van der Waals surface area contributed by atoms with Crippen LogP contribution >= 0.6 is 0 Å². The number of aliphatic carboxylic acids is 1. The minimum atomic E-state index is -3.85. The molecule has 2 rings (SSSR count). The number of hydrogen-bond donors (Lipinski definition) is 2. The zero-order valence-electron chi connectivity index (χ0n) is 9.78. The van der Waals surface area contributed by atoms with E-state index in [0.717, 1.165) is 12.1 Å². The van der Waals surface area contributed by atoms with E-state index in [1.807, 2.05) is 0 Å². The molecule has 1 aliphatic carbocycles. The Kier molecular flexibility index (Phi) is 3.68. The molecule has 0 saturated carbocycles. The Morgan fingerprint density at radius 2 is 2.11 bits per heavy atom. The highest BCUT2D eigenvalue weighted by Gasteiger charge is 2.28. The van der Waals surface area contributed by atoms with Gasteiger partial charge in [-0.3, -0.25) is 4.79 Å². The summed E-state index contributed by atoms with van der Waals surface area (Å²) in [5.74, 6) is -2.34. The molecule has 2 unspecified atom stereocenters. The molecule has 0 aromatic heterocycles. The molecule has 7 heteroatoms. The van der Waals surface area contributed by atoms with Gasteiger partial charge in [0.25, 0.3) is 0 Å². The smallest absolute Gasteiger partial charge is 0.310 e. The van der Waals surface area contributed by atoms with Crippen molar-refractivity contribution < 1.29 is 22.7 Å². The predicted molar refractivity (Wildman–Crippen MR) is 65.4 cm³/mol. The monoisotopic (exact) mass is 285 g/mol. The standard InChI is InChI=1S/C12H12FNO4S/c13-9-2-1-3-11(7-9)19(17,18)14-10-5-4-8(6-10)12(15)16/h1-5,7-8,10,14H,6H2,(H,15,16). The van der Waals surface area contributed by atoms with Gasteiger partial charge < -0.3 is 5.11 Å². The van der Waals surface area contributed by atoms with Crippen molar-refractivity contribution >= 4 is 16.0 Å². The third-order valence-electron chi connectivity index (χ3n) is 2.81. The fraction of sp³-hybridized carbons (Fsp3) is 0.250. The molecular formula is C12H12FNO4S. The van der Waals surface area contributed by atoms with Crippen LogP contribution in [0.15, 0.2) is 41.3 Å². The van der Waals surface area contributed by atoms with Crippen molar-refractivity contribution in [1.29, 1.82) is 0 Å². The van der Waals surface area contributed by atoms with E-state index >= 15 is 0 Å². The van der Waals surface area contributed by atoms with Crippen LogP contribution in [0.3, 0.4) is 0 Å². The Bertz CT molecular complexity index is 626. The maximum absolute atomic E-state index is 13.0. The molecule has 0 amide bonds. The van der Waals surface area contributed by atoms with Crippen LogP contribution in [0.2, 0.25) is 0 Å². The van der Waals surface area contributed by atoms with E-state index in [2.05, 4.69) is 4.72 Å². The maximum atomic E-state index is 13.0. The second-order valence-corrected chi connectivity index (χ2v) is 5.96. The van der Waals surface area contributed by atoms with E-state index < -0.39 is 33.8 Å². The second kappa shape index (κ2) is 5.10. The lowest BCUT2D eigenvalue weighted by Gasteiger charge is -2.12. The van der Waals surface area contributed by atoms with Crippen molar-refractivity contribution in [2.45, 2.75) is 17.4 Å². The Morgan fingerprint density at radius 1 is 1.37 bits per heavy atom. The van der Waals surface area contributed by atoms with Gasteiger partial charge in [-0.2, -0.15) is 0 Å². The average molecular weight is 285 g/mol. The molecule has 0 fully saturated rings. The highest BCUT2D eigenvalue weighted by molar-refractivity contribution is 7.89. The van der Waals surface area contributed by atoms with Crippen molar-refractivity contribution in [2.75, 3.05) is 0 Å². The lowest BCUT2D eigenvalue weighted by atomic mass is 10.1. The number of nitrogens with one attached hydrogen (secondary N) is 1. The normalized spacial score (nSPS) is 22.6. The Hall–Kier alpha value is -1.73. The summed E-state index contributed by atoms with van der Waals surface area (Å²) in [5.41, 5.74) is 0. The Labute approximate surface area is 109 Å². The van der Waals surface area contributed by atoms with Crippen LogP contribution < -0.4 is 4.72 Å². The molecule has 102 valence electrons. The summed E-state index contributed by atoms with van der Waals surface area (Å²) in [6.07, 6.45) is 3.10. The molecule has 0 saturated heterocycles. The van der Waals surface area contributed by atoms with Crippen LogP contribution in [-0.2, 0) is 14.8 Å². The lowest BCUT2D eigenvalue weighted by Crippen LogP contribution is -2.33. The number of carbonyl (C=O) groups is 1. The largest absolute Gasteiger partial charge is 0.481 e. The van der Waals surface area contributed by atoms with Crippen molar-refractivity contribution in [3.05, 3.63) is 42.2 Å². The third-order valence-corrected chi connectivity index (χ3v) is 4.30. The number of sulfonamides is 1. The molecular weight excluding hydrogens is 273 g/mol. The van der Waals surface area contributed by atoms with Crippen LogP contribution in [0.4, 0.5) is 4.39 Å². The first-order valence-electron chi connectivity index (χ1n) is 5.57. The minimum absolute atomic E-state index is 0.157. The van der Waals surface area contributed by atoms with Crippen molar-refractivity contribution in [1.82, 2.24) is 4.72 Å². The lowest BCUT2D eigenvalue weighted by molar-refractivity contribution is -0.140. The molecule has 5 nitrogen and oxygen atoms in total. The summed E-state index contributed by atoms with van der Waals surface area (Å²) >= 11 is 0. The SMILES string of the molecule is O=C(O)C1C=CC(NS(=O)(=O)c2cccc(F)c2)C1. The Morgan fingerprint density at radius 3 is 2.68 bits per heavy atom. The number of rotatable bonds is 4. The van der Waals surface area contributed by atoms with E-state index in [-0.39, 0.29) is 11.3 Å². The fourth-order valence-corrected chi connectivity index (χ4v) is 3.11. The second-order valence-electron chi connectivity index (χ2n) is 4.25. The molecule has 0 heterocycles. The van der Waals surface area contributed by atoms with Crippen LogP contribution in [0.1, 0.15) is 6.42 Å². The molecule has 2 N–H and O–H groups in total. The van der Waals surface area contributed by atoms with E-state index in [4.69, 9.17) is 5.11 Å². The summed E-state index contributed by atoms with van der Waals surface area (Å²) in [5, 5.41) is 8.80. The zero-order chi connectivity index (χ0) is 14.0. The van der Waals surface area contributed by atoms with Crippen LogP contribution in [-0.4, -0.2) is 25.5 Å². The van der Waals surface area contributed by atoms with E-state index in [9.17, 15) is 17.6 Å². The van der Waals surface area contributed by atoms with Gasteiger partial charge in [-0.1, -0.05) is 18.2 Å². The highest BCUT2D eigenvalue weighted by atomic mass is 32.2. The highest BCUT2D eigenvalue weighted by Crippen LogP contribution is 2.20. The summed E-state index contributed by atoms with van der Waals surface area (Å²) < 4.78 is 39.2. The first-order chi connectivity index (χ1) is 8.88. The number of benzene rings is 1. The number of carboxylic acids is 1. The van der Waals surface area contributed by atoms with Gasteiger partial charge >= 0.3 is 5.97 Å². The molecule has 0 radical (unpaired) electrons. The summed E-state index contributed by atoms with van der Waals surface area (Å²) in [4.78, 5) is 10.6. The van der Waals surface area contributed by atoms with Gasteiger partial charge in [0, 0.05) is 6.04 Å². The van der Waals surface area contributed by atoms with E-state index in [1.165, 1.54) is 24.3 Å². The molecule has 1 aromatic rings. The molecule has 0 aliphatic heterocycles. The molecule has 1 aromatic carbocycles. The van der Waals surface area contributed by atoms with Crippen molar-refractivity contribution in [3.8, 4) is 0 Å². The fourth-order valence-electron chi connectivity index (χ4n) is 1.87. The van der Waals surface area contributed by atoms with E-state index in [1.54, 1.807) is 0 Å². The predicted octanol–water partition coefficient (Wildman–Crippen LogP) is 1.13. The van der Waals surface area contributed by atoms with Crippen molar-refractivity contribution in [3.63, 3.8) is 0 Å². The van der Waals surface area contributed by atoms with Crippen LogP contribution in [0.25, 0.3) is 0 Å². The van der Waals surface area contributed by atoms with Gasteiger partial charge in [0.05, 0.1) is 10.8 Å². The van der Waals surface area contributed by atoms with Crippen molar-refractivity contribution in [2.24, 2.45) is 5.92 Å². The zero-order valence-corrected chi connectivity index (χ0v) is 10.6. The summed E-state index contributed by atoms with van der Waals surface area (Å²) in [7, 11) is -3.85. The minimum Gasteiger partial charge on any atom is -0.481 e. The molecule has 0 spiro atoms. The third kappa shape index (κ3) is 3.18. The van der Waals surface area contributed by atoms with Crippen LogP contribution in [0, 0.1) is 11.7 Å². The van der Waals surface area contributed by atoms with Gasteiger partial charge in [0.15, 0.2) is 0 Å². The van der Waals surface area contributed by atoms with Gasteiger partial charge in [-0.05, 0) is 24.6 Å². The van der Waals surface area contributed by atoms with E-state index in [0.29, 0.717) is 0 Å². The van der Waals surface area contributed by atoms with Gasteiger partial charge in [-0.25, -0.2) is 17.5 Å². The number of halogens is 1. The topological polar surface area (TPSA) is 83.5 Å². The number of hydrogen-bond acceptors (Lipinski definition) is 3. The molecule has 2 atom stereocenters. The van der Waals surface area contributed by atoms with Gasteiger partial charge in [0.2, 0.25) is 10.0 Å². The summed E-state index contributed by atoms with van der Waals surface area (Å²) in [6, 6.07) is 4.05.